The zero-order chi connectivity index (χ0) is 15.4. The summed E-state index contributed by atoms with van der Waals surface area (Å²) in [4.78, 5) is 12.1. The van der Waals surface area contributed by atoms with E-state index in [-0.39, 0.29) is 30.8 Å². The van der Waals surface area contributed by atoms with E-state index in [1.165, 1.54) is 0 Å². The summed E-state index contributed by atoms with van der Waals surface area (Å²) in [5.41, 5.74) is 5.57. The van der Waals surface area contributed by atoms with E-state index in [4.69, 9.17) is 5.73 Å². The standard InChI is InChI=1S/C13H23F3N2O2.ClH/c1-9(7-20-8-13(14,15)16)18-11(19)10-5-3-4-6-12(10,2)17;/h9-10H,3-8,17H2,1-2H3,(H,18,19);1H. The van der Waals surface area contributed by atoms with E-state index in [0.29, 0.717) is 0 Å². The summed E-state index contributed by atoms with van der Waals surface area (Å²) in [6.07, 6.45) is -0.896. The Bertz CT molecular complexity index is 338. The molecule has 0 heterocycles. The van der Waals surface area contributed by atoms with Crippen molar-refractivity contribution in [1.82, 2.24) is 5.32 Å². The Morgan fingerprint density at radius 3 is 2.62 bits per heavy atom. The van der Waals surface area contributed by atoms with Gasteiger partial charge in [-0.05, 0) is 26.7 Å². The van der Waals surface area contributed by atoms with Gasteiger partial charge in [0.2, 0.25) is 5.91 Å². The topological polar surface area (TPSA) is 64.3 Å². The summed E-state index contributed by atoms with van der Waals surface area (Å²) in [6, 6.07) is -0.470. The maximum absolute atomic E-state index is 12.1. The average molecular weight is 333 g/mol. The first kappa shape index (κ1) is 20.5. The molecule has 1 amide bonds. The predicted octanol–water partition coefficient (Wildman–Crippen LogP) is 2.40. The number of hydrogen-bond acceptors (Lipinski definition) is 3. The van der Waals surface area contributed by atoms with Crippen LogP contribution in [0.1, 0.15) is 39.5 Å². The van der Waals surface area contributed by atoms with Gasteiger partial charge in [-0.15, -0.1) is 12.4 Å². The molecular weight excluding hydrogens is 309 g/mol. The van der Waals surface area contributed by atoms with Gasteiger partial charge in [0.05, 0.1) is 12.5 Å². The Morgan fingerprint density at radius 1 is 1.48 bits per heavy atom. The van der Waals surface area contributed by atoms with Crippen LogP contribution in [0.5, 0.6) is 0 Å². The summed E-state index contributed by atoms with van der Waals surface area (Å²) in [7, 11) is 0. The van der Waals surface area contributed by atoms with Crippen molar-refractivity contribution in [2.24, 2.45) is 11.7 Å². The number of halogens is 4. The molecular formula is C13H24ClF3N2O2. The lowest BCUT2D eigenvalue weighted by Gasteiger charge is -2.37. The van der Waals surface area contributed by atoms with Crippen molar-refractivity contribution in [3.05, 3.63) is 0 Å². The number of alkyl halides is 3. The van der Waals surface area contributed by atoms with Crippen molar-refractivity contribution in [2.75, 3.05) is 13.2 Å². The Morgan fingerprint density at radius 2 is 2.10 bits per heavy atom. The molecule has 1 aliphatic rings. The molecule has 3 unspecified atom stereocenters. The molecule has 1 rings (SSSR count). The van der Waals surface area contributed by atoms with Gasteiger partial charge in [0, 0.05) is 11.6 Å². The maximum Gasteiger partial charge on any atom is 0.411 e. The fourth-order valence-corrected chi connectivity index (χ4v) is 2.53. The van der Waals surface area contributed by atoms with Gasteiger partial charge < -0.3 is 15.8 Å². The molecule has 1 saturated carbocycles. The first-order chi connectivity index (χ1) is 9.12. The van der Waals surface area contributed by atoms with Crippen molar-refractivity contribution in [2.45, 2.75) is 57.3 Å². The lowest BCUT2D eigenvalue weighted by molar-refractivity contribution is -0.175. The van der Waals surface area contributed by atoms with Gasteiger partial charge in [0.25, 0.3) is 0 Å². The zero-order valence-corrected chi connectivity index (χ0v) is 13.1. The van der Waals surface area contributed by atoms with Crippen LogP contribution in [0.3, 0.4) is 0 Å². The smallest absolute Gasteiger partial charge is 0.370 e. The first-order valence-corrected chi connectivity index (χ1v) is 6.85. The number of carbonyl (C=O) groups excluding carboxylic acids is 1. The summed E-state index contributed by atoms with van der Waals surface area (Å²) in [5.74, 6) is -0.487. The third kappa shape index (κ3) is 7.33. The number of carbonyl (C=O) groups is 1. The molecule has 0 radical (unpaired) electrons. The van der Waals surface area contributed by atoms with Crippen molar-refractivity contribution < 1.29 is 22.7 Å². The molecule has 0 aromatic carbocycles. The fourth-order valence-electron chi connectivity index (χ4n) is 2.53. The molecule has 8 heteroatoms. The predicted molar refractivity (Wildman–Crippen MR) is 76.3 cm³/mol. The van der Waals surface area contributed by atoms with Gasteiger partial charge in [-0.25, -0.2) is 0 Å². The molecule has 3 atom stereocenters. The number of ether oxygens (including phenoxy) is 1. The SMILES string of the molecule is CC(COCC(F)(F)F)NC(=O)C1CCCCC1(C)N.Cl. The highest BCUT2D eigenvalue weighted by Gasteiger charge is 2.38. The van der Waals surface area contributed by atoms with Crippen molar-refractivity contribution in [3.8, 4) is 0 Å². The molecule has 1 fully saturated rings. The second-order valence-corrected chi connectivity index (χ2v) is 5.84. The van der Waals surface area contributed by atoms with Crippen molar-refractivity contribution in [3.63, 3.8) is 0 Å². The molecule has 0 saturated heterocycles. The minimum absolute atomic E-state index is 0. The molecule has 126 valence electrons. The van der Waals surface area contributed by atoms with E-state index in [2.05, 4.69) is 10.1 Å². The van der Waals surface area contributed by atoms with E-state index < -0.39 is 24.4 Å². The van der Waals surface area contributed by atoms with Crippen LogP contribution >= 0.6 is 12.4 Å². The fraction of sp³-hybridized carbons (Fsp3) is 0.923. The van der Waals surface area contributed by atoms with Crippen molar-refractivity contribution in [1.29, 1.82) is 0 Å². The van der Waals surface area contributed by atoms with Crippen LogP contribution in [0, 0.1) is 5.92 Å². The van der Waals surface area contributed by atoms with Crippen LogP contribution in [0.25, 0.3) is 0 Å². The number of amides is 1. The Hall–Kier alpha value is -0.530. The third-order valence-corrected chi connectivity index (χ3v) is 3.59. The highest BCUT2D eigenvalue weighted by Crippen LogP contribution is 2.31. The van der Waals surface area contributed by atoms with E-state index >= 15 is 0 Å². The molecule has 21 heavy (non-hydrogen) atoms. The van der Waals surface area contributed by atoms with Crippen LogP contribution in [-0.4, -0.2) is 36.9 Å². The summed E-state index contributed by atoms with van der Waals surface area (Å²) < 4.78 is 40.3. The minimum atomic E-state index is -4.34. The highest BCUT2D eigenvalue weighted by atomic mass is 35.5. The molecule has 1 aliphatic carbocycles. The van der Waals surface area contributed by atoms with E-state index in [1.54, 1.807) is 6.92 Å². The van der Waals surface area contributed by atoms with E-state index in [9.17, 15) is 18.0 Å². The van der Waals surface area contributed by atoms with Crippen molar-refractivity contribution >= 4 is 18.3 Å². The zero-order valence-electron chi connectivity index (χ0n) is 12.3. The normalized spacial score (nSPS) is 27.6. The molecule has 0 spiro atoms. The highest BCUT2D eigenvalue weighted by molar-refractivity contribution is 5.85. The van der Waals surface area contributed by atoms with E-state index in [1.807, 2.05) is 6.92 Å². The Kier molecular flexibility index (Phi) is 7.99. The van der Waals surface area contributed by atoms with Gasteiger partial charge >= 0.3 is 6.18 Å². The summed E-state index contributed by atoms with van der Waals surface area (Å²) >= 11 is 0. The number of rotatable bonds is 5. The van der Waals surface area contributed by atoms with Crippen LogP contribution in [0.15, 0.2) is 0 Å². The molecule has 4 nitrogen and oxygen atoms in total. The van der Waals surface area contributed by atoms with Gasteiger partial charge in [-0.2, -0.15) is 13.2 Å². The quantitative estimate of drug-likeness (QED) is 0.812. The molecule has 0 aromatic heterocycles. The van der Waals surface area contributed by atoms with Gasteiger partial charge in [0.1, 0.15) is 6.61 Å². The third-order valence-electron chi connectivity index (χ3n) is 3.59. The lowest BCUT2D eigenvalue weighted by atomic mass is 9.74. The number of nitrogens with one attached hydrogen (secondary N) is 1. The van der Waals surface area contributed by atoms with Gasteiger partial charge in [-0.1, -0.05) is 12.8 Å². The van der Waals surface area contributed by atoms with E-state index in [0.717, 1.165) is 25.7 Å². The van der Waals surface area contributed by atoms with Crippen LogP contribution < -0.4 is 11.1 Å². The van der Waals surface area contributed by atoms with Crippen LogP contribution in [0.4, 0.5) is 13.2 Å². The second-order valence-electron chi connectivity index (χ2n) is 5.84. The lowest BCUT2D eigenvalue weighted by Crippen LogP contribution is -2.54. The summed E-state index contributed by atoms with van der Waals surface area (Å²) in [6.45, 7) is 2.00. The average Bonchev–Trinajstić information content (AvgIpc) is 2.26. The number of hydrogen-bond donors (Lipinski definition) is 2. The van der Waals surface area contributed by atoms with Gasteiger partial charge in [0.15, 0.2) is 0 Å². The first-order valence-electron chi connectivity index (χ1n) is 6.85. The Labute approximate surface area is 129 Å². The molecule has 0 bridgehead atoms. The molecule has 0 aromatic rings. The minimum Gasteiger partial charge on any atom is -0.370 e. The largest absolute Gasteiger partial charge is 0.411 e. The van der Waals surface area contributed by atoms with Crippen LogP contribution in [-0.2, 0) is 9.53 Å². The second kappa shape index (κ2) is 8.19. The van der Waals surface area contributed by atoms with Gasteiger partial charge in [-0.3, -0.25) is 4.79 Å². The monoisotopic (exact) mass is 332 g/mol. The molecule has 0 aliphatic heterocycles. The molecule has 3 N–H and O–H groups in total. The summed E-state index contributed by atoms with van der Waals surface area (Å²) in [5, 5.41) is 2.68. The number of nitrogens with two attached hydrogens (primary N) is 1. The maximum atomic E-state index is 12.1. The van der Waals surface area contributed by atoms with Crippen LogP contribution in [0.2, 0.25) is 0 Å². The Balaban J connectivity index is 0.00000400.